The first-order valence-corrected chi connectivity index (χ1v) is 14.1. The van der Waals surface area contributed by atoms with Crippen molar-refractivity contribution in [1.82, 2.24) is 19.9 Å². The number of benzene rings is 3. The van der Waals surface area contributed by atoms with Crippen LogP contribution >= 0.6 is 17.2 Å². The van der Waals surface area contributed by atoms with Gasteiger partial charge < -0.3 is 9.97 Å². The fourth-order valence-electron chi connectivity index (χ4n) is 5.56. The van der Waals surface area contributed by atoms with Gasteiger partial charge >= 0.3 is 0 Å². The first-order valence-electron chi connectivity index (χ1n) is 12.0. The van der Waals surface area contributed by atoms with E-state index in [1.54, 1.807) is 0 Å². The van der Waals surface area contributed by atoms with Gasteiger partial charge in [-0.05, 0) is 70.8 Å². The van der Waals surface area contributed by atoms with Gasteiger partial charge in [-0.1, -0.05) is 36.4 Å². The first-order chi connectivity index (χ1) is 17.7. The summed E-state index contributed by atoms with van der Waals surface area (Å²) < 4.78 is 0. The molecule has 2 N–H and O–H groups in total. The second-order valence-electron chi connectivity index (χ2n) is 9.29. The maximum absolute atomic E-state index is 11.0. The van der Waals surface area contributed by atoms with Crippen molar-refractivity contribution in [1.29, 1.82) is 0 Å². The van der Waals surface area contributed by atoms with Crippen LogP contribution in [0.3, 0.4) is 0 Å². The summed E-state index contributed by atoms with van der Waals surface area (Å²) in [5, 5.41) is 2.42. The molecule has 2 heterocycles. The van der Waals surface area contributed by atoms with Crippen molar-refractivity contribution < 1.29 is 9.59 Å². The SMILES string of the molecule is O=CPc1nc2c([nH]1)CCc1cc(-c3ccc4cc5c(cc4c3)CCc3[nH]c(PC=O)nc3-5)ccc1-2. The maximum Gasteiger partial charge on any atom is 0.146 e. The van der Waals surface area contributed by atoms with Crippen LogP contribution in [0.15, 0.2) is 48.5 Å². The highest BCUT2D eigenvalue weighted by atomic mass is 31.1. The third-order valence-corrected chi connectivity index (χ3v) is 8.50. The number of nitrogens with zero attached hydrogens (tertiary/aromatic N) is 2. The Morgan fingerprint density at radius 1 is 0.639 bits per heavy atom. The number of rotatable bonds is 5. The van der Waals surface area contributed by atoms with E-state index in [0.717, 1.165) is 77.2 Å². The number of H-pyrrole nitrogens is 2. The van der Waals surface area contributed by atoms with Gasteiger partial charge in [-0.25, -0.2) is 9.97 Å². The fourth-order valence-corrected chi connectivity index (χ4v) is 6.58. The molecule has 36 heavy (non-hydrogen) atoms. The summed E-state index contributed by atoms with van der Waals surface area (Å²) in [6.07, 6.45) is 3.75. The highest BCUT2D eigenvalue weighted by molar-refractivity contribution is 7.62. The van der Waals surface area contributed by atoms with E-state index in [1.165, 1.54) is 38.6 Å². The van der Waals surface area contributed by atoms with E-state index in [2.05, 4.69) is 58.5 Å². The number of hydrogen-bond acceptors (Lipinski definition) is 4. The molecule has 2 aliphatic carbocycles. The molecule has 3 aromatic carbocycles. The van der Waals surface area contributed by atoms with Gasteiger partial charge in [0.25, 0.3) is 0 Å². The summed E-state index contributed by atoms with van der Waals surface area (Å²) in [6.45, 7) is 0. The van der Waals surface area contributed by atoms with E-state index in [0.29, 0.717) is 0 Å². The number of fused-ring (bicyclic) bond motifs is 7. The quantitative estimate of drug-likeness (QED) is 0.271. The van der Waals surface area contributed by atoms with Crippen LogP contribution in [0.4, 0.5) is 0 Å². The van der Waals surface area contributed by atoms with Crippen molar-refractivity contribution >= 4 is 51.1 Å². The predicted molar refractivity (Wildman–Crippen MR) is 149 cm³/mol. The molecule has 2 aliphatic rings. The Balaban J connectivity index is 1.25. The number of imidazole rings is 2. The average molecular weight is 508 g/mol. The van der Waals surface area contributed by atoms with Crippen LogP contribution < -0.4 is 11.1 Å². The minimum absolute atomic E-state index is 0.0651. The standard InChI is InChI=1S/C28H22N4O2P2/c33-13-35-27-29-23-7-4-18-9-16(3-6-21(18)25(23)31-27)15-1-2-17-12-22-19(11-20(17)10-15)5-8-24-26(22)32-28(30-24)36-14-34/h1-3,6,9-14,35-36H,4-5,7-8H2,(H,29,31)(H,30,32). The number of carbonyl (C=O) groups is 2. The van der Waals surface area contributed by atoms with Crippen molar-refractivity contribution in [3.8, 4) is 33.6 Å². The molecule has 176 valence electrons. The number of aryl methyl sites for hydroxylation is 4. The Hall–Kier alpha value is -3.46. The number of hydrogen-bond donors (Lipinski definition) is 2. The zero-order chi connectivity index (χ0) is 24.2. The Morgan fingerprint density at radius 3 is 1.94 bits per heavy atom. The van der Waals surface area contributed by atoms with Crippen LogP contribution in [-0.4, -0.2) is 32.0 Å². The average Bonchev–Trinajstić information content (AvgIpc) is 3.51. The van der Waals surface area contributed by atoms with E-state index in [1.807, 2.05) is 0 Å². The summed E-state index contributed by atoms with van der Waals surface area (Å²) >= 11 is 0. The van der Waals surface area contributed by atoms with Crippen LogP contribution in [0.1, 0.15) is 22.5 Å². The lowest BCUT2D eigenvalue weighted by Crippen LogP contribution is -2.04. The van der Waals surface area contributed by atoms with E-state index >= 15 is 0 Å². The van der Waals surface area contributed by atoms with Crippen LogP contribution in [-0.2, 0) is 35.3 Å². The smallest absolute Gasteiger partial charge is 0.146 e. The van der Waals surface area contributed by atoms with Gasteiger partial charge in [0.05, 0.1) is 11.4 Å². The van der Waals surface area contributed by atoms with Crippen LogP contribution in [0, 0.1) is 0 Å². The first kappa shape index (κ1) is 21.8. The van der Waals surface area contributed by atoms with E-state index in [4.69, 9.17) is 9.97 Å². The minimum atomic E-state index is 0.0651. The van der Waals surface area contributed by atoms with Gasteiger partial charge in [0.1, 0.15) is 23.2 Å². The summed E-state index contributed by atoms with van der Waals surface area (Å²) in [5.74, 6) is 0. The van der Waals surface area contributed by atoms with Gasteiger partial charge in [-0.2, -0.15) is 0 Å². The second kappa shape index (κ2) is 8.58. The number of nitrogens with one attached hydrogen (secondary N) is 2. The molecule has 0 fully saturated rings. The molecule has 7 rings (SSSR count). The van der Waals surface area contributed by atoms with Crippen LogP contribution in [0.2, 0.25) is 0 Å². The van der Waals surface area contributed by atoms with Crippen molar-refractivity contribution in [3.63, 3.8) is 0 Å². The Bertz CT molecular complexity index is 1700. The summed E-state index contributed by atoms with van der Waals surface area (Å²) in [7, 11) is 0.132. The van der Waals surface area contributed by atoms with Crippen LogP contribution in [0.5, 0.6) is 0 Å². The minimum Gasteiger partial charge on any atom is -0.341 e. The fraction of sp³-hybridized carbons (Fsp3) is 0.143. The molecule has 6 nitrogen and oxygen atoms in total. The molecule has 0 radical (unpaired) electrons. The highest BCUT2D eigenvalue weighted by Crippen LogP contribution is 2.38. The van der Waals surface area contributed by atoms with Crippen molar-refractivity contribution in [3.05, 3.63) is 71.0 Å². The largest absolute Gasteiger partial charge is 0.341 e. The van der Waals surface area contributed by atoms with Gasteiger partial charge in [-0.15, -0.1) is 0 Å². The number of aromatic amines is 2. The lowest BCUT2D eigenvalue weighted by Gasteiger charge is -2.18. The third kappa shape index (κ3) is 3.56. The number of carbonyl (C=O) groups excluding carboxylic acids is 2. The summed E-state index contributed by atoms with van der Waals surface area (Å²) in [5.41, 5.74) is 13.2. The molecule has 0 aliphatic heterocycles. The molecule has 2 atom stereocenters. The van der Waals surface area contributed by atoms with E-state index in [-0.39, 0.29) is 17.2 Å². The van der Waals surface area contributed by atoms with Gasteiger partial charge in [-0.3, -0.25) is 9.59 Å². The molecule has 0 bridgehead atoms. The molecule has 0 amide bonds. The molecular formula is C28H22N4O2P2. The molecule has 0 spiro atoms. The highest BCUT2D eigenvalue weighted by Gasteiger charge is 2.22. The monoisotopic (exact) mass is 508 g/mol. The Kier molecular flexibility index (Phi) is 5.20. The molecule has 2 aromatic heterocycles. The predicted octanol–water partition coefficient (Wildman–Crippen LogP) is 4.47. The molecule has 2 unspecified atom stereocenters. The van der Waals surface area contributed by atoms with Crippen LogP contribution in [0.25, 0.3) is 44.4 Å². The molecular weight excluding hydrogens is 486 g/mol. The van der Waals surface area contributed by atoms with Gasteiger partial charge in [0, 0.05) is 39.7 Å². The molecule has 8 heteroatoms. The van der Waals surface area contributed by atoms with Crippen molar-refractivity contribution in [2.45, 2.75) is 25.7 Å². The summed E-state index contributed by atoms with van der Waals surface area (Å²) in [4.78, 5) is 38.0. The van der Waals surface area contributed by atoms with E-state index in [9.17, 15) is 9.59 Å². The topological polar surface area (TPSA) is 91.5 Å². The molecule has 5 aromatic rings. The second-order valence-corrected chi connectivity index (χ2v) is 11.3. The Morgan fingerprint density at radius 2 is 1.25 bits per heavy atom. The van der Waals surface area contributed by atoms with E-state index < -0.39 is 0 Å². The lowest BCUT2D eigenvalue weighted by atomic mass is 9.87. The Labute approximate surface area is 210 Å². The zero-order valence-corrected chi connectivity index (χ0v) is 21.3. The van der Waals surface area contributed by atoms with Crippen molar-refractivity contribution in [2.75, 3.05) is 0 Å². The maximum atomic E-state index is 11.0. The lowest BCUT2D eigenvalue weighted by molar-refractivity contribution is 0.569. The number of aromatic nitrogens is 4. The van der Waals surface area contributed by atoms with Gasteiger partial charge in [0.15, 0.2) is 0 Å². The zero-order valence-electron chi connectivity index (χ0n) is 19.3. The normalized spacial score (nSPS) is 14.2. The van der Waals surface area contributed by atoms with Gasteiger partial charge in [0.2, 0.25) is 0 Å². The summed E-state index contributed by atoms with van der Waals surface area (Å²) in [6, 6.07) is 19.7. The molecule has 0 saturated carbocycles. The van der Waals surface area contributed by atoms with Crippen molar-refractivity contribution in [2.24, 2.45) is 0 Å². The molecule has 0 saturated heterocycles. The third-order valence-electron chi connectivity index (χ3n) is 7.25.